The summed E-state index contributed by atoms with van der Waals surface area (Å²) in [5.41, 5.74) is 2.02. The van der Waals surface area contributed by atoms with Crippen molar-refractivity contribution in [1.29, 1.82) is 0 Å². The van der Waals surface area contributed by atoms with Gasteiger partial charge in [0.25, 0.3) is 5.56 Å². The predicted octanol–water partition coefficient (Wildman–Crippen LogP) is 1.95. The second kappa shape index (κ2) is 6.73. The van der Waals surface area contributed by atoms with Gasteiger partial charge in [-0.1, -0.05) is 11.6 Å². The molecule has 2 aromatic rings. The molecule has 1 fully saturated rings. The summed E-state index contributed by atoms with van der Waals surface area (Å²) in [5, 5.41) is 3.98. The van der Waals surface area contributed by atoms with Gasteiger partial charge in [0.15, 0.2) is 0 Å². The van der Waals surface area contributed by atoms with Crippen LogP contribution in [0.2, 0.25) is 5.02 Å². The molecule has 24 heavy (non-hydrogen) atoms. The van der Waals surface area contributed by atoms with Gasteiger partial charge in [-0.15, -0.1) is 0 Å². The molecule has 1 aliphatic heterocycles. The van der Waals surface area contributed by atoms with Crippen molar-refractivity contribution in [3.8, 4) is 0 Å². The van der Waals surface area contributed by atoms with Gasteiger partial charge in [0, 0.05) is 44.0 Å². The molecule has 0 unspecified atom stereocenters. The number of anilines is 2. The fraction of sp³-hybridized carbons (Fsp3) is 0.412. The van der Waals surface area contributed by atoms with Crippen LogP contribution in [0.3, 0.4) is 0 Å². The Hall–Kier alpha value is -2.21. The van der Waals surface area contributed by atoms with E-state index in [1.807, 2.05) is 18.2 Å². The van der Waals surface area contributed by atoms with E-state index in [2.05, 4.69) is 10.2 Å². The van der Waals surface area contributed by atoms with Crippen molar-refractivity contribution in [2.45, 2.75) is 19.4 Å². The Morgan fingerprint density at radius 2 is 1.79 bits per heavy atom. The van der Waals surface area contributed by atoms with Gasteiger partial charge >= 0.3 is 5.69 Å². The average molecular weight is 349 g/mol. The molecule has 7 heteroatoms. The average Bonchev–Trinajstić information content (AvgIpc) is 3.09. The van der Waals surface area contributed by atoms with Crippen LogP contribution in [0, 0.1) is 0 Å². The van der Waals surface area contributed by atoms with Crippen LogP contribution in [0.4, 0.5) is 11.4 Å². The first-order valence-corrected chi connectivity index (χ1v) is 8.39. The van der Waals surface area contributed by atoms with Crippen LogP contribution in [0.1, 0.15) is 18.5 Å². The Labute approximate surface area is 145 Å². The van der Waals surface area contributed by atoms with E-state index in [1.165, 1.54) is 30.5 Å². The quantitative estimate of drug-likeness (QED) is 0.917. The summed E-state index contributed by atoms with van der Waals surface area (Å²) in [6.07, 6.45) is 2.37. The smallest absolute Gasteiger partial charge is 0.330 e. The van der Waals surface area contributed by atoms with Gasteiger partial charge in [-0.2, -0.15) is 0 Å². The summed E-state index contributed by atoms with van der Waals surface area (Å²) in [7, 11) is 3.14. The summed E-state index contributed by atoms with van der Waals surface area (Å²) in [4.78, 5) is 26.2. The van der Waals surface area contributed by atoms with Crippen molar-refractivity contribution in [1.82, 2.24) is 9.13 Å². The Bertz CT molecular complexity index is 866. The van der Waals surface area contributed by atoms with Crippen molar-refractivity contribution >= 4 is 23.0 Å². The summed E-state index contributed by atoms with van der Waals surface area (Å²) < 4.78 is 2.58. The molecule has 1 aliphatic rings. The molecule has 0 radical (unpaired) electrons. The van der Waals surface area contributed by atoms with Crippen molar-refractivity contribution in [2.75, 3.05) is 23.3 Å². The van der Waals surface area contributed by atoms with Gasteiger partial charge in [0.1, 0.15) is 0 Å². The fourth-order valence-corrected chi connectivity index (χ4v) is 3.19. The Morgan fingerprint density at radius 3 is 2.50 bits per heavy atom. The zero-order valence-corrected chi connectivity index (χ0v) is 14.6. The number of benzene rings is 1. The molecule has 0 spiro atoms. The summed E-state index contributed by atoms with van der Waals surface area (Å²) in [6, 6.07) is 7.26. The molecule has 0 aliphatic carbocycles. The van der Waals surface area contributed by atoms with E-state index in [1.54, 1.807) is 7.05 Å². The lowest BCUT2D eigenvalue weighted by molar-refractivity contribution is 0.655. The molecule has 128 valence electrons. The maximum absolute atomic E-state index is 12.0. The highest BCUT2D eigenvalue weighted by atomic mass is 35.5. The van der Waals surface area contributed by atoms with Gasteiger partial charge in [0.2, 0.25) is 0 Å². The molecule has 1 saturated heterocycles. The third-order valence-corrected chi connectivity index (χ3v) is 4.73. The van der Waals surface area contributed by atoms with Crippen molar-refractivity contribution < 1.29 is 0 Å². The van der Waals surface area contributed by atoms with Gasteiger partial charge < -0.3 is 10.2 Å². The molecule has 3 rings (SSSR count). The van der Waals surface area contributed by atoms with Gasteiger partial charge in [0.05, 0.1) is 17.9 Å². The number of nitrogens with zero attached hydrogens (tertiary/aromatic N) is 3. The number of aromatic nitrogens is 2. The maximum atomic E-state index is 12.0. The molecule has 0 bridgehead atoms. The first-order valence-electron chi connectivity index (χ1n) is 8.01. The summed E-state index contributed by atoms with van der Waals surface area (Å²) in [5.74, 6) is 0. The second-order valence-corrected chi connectivity index (χ2v) is 6.52. The normalized spacial score (nSPS) is 14.2. The van der Waals surface area contributed by atoms with Crippen molar-refractivity contribution in [3.63, 3.8) is 0 Å². The van der Waals surface area contributed by atoms with Crippen LogP contribution < -0.4 is 21.5 Å². The number of halogens is 1. The van der Waals surface area contributed by atoms with Crippen molar-refractivity contribution in [2.24, 2.45) is 14.1 Å². The van der Waals surface area contributed by atoms with E-state index in [0.29, 0.717) is 17.3 Å². The molecule has 1 aromatic carbocycles. The van der Waals surface area contributed by atoms with Gasteiger partial charge in [-0.3, -0.25) is 13.9 Å². The topological polar surface area (TPSA) is 59.3 Å². The van der Waals surface area contributed by atoms with Crippen LogP contribution in [0.5, 0.6) is 0 Å². The lowest BCUT2D eigenvalue weighted by Gasteiger charge is -2.22. The first kappa shape index (κ1) is 16.6. The molecule has 1 aromatic heterocycles. The highest BCUT2D eigenvalue weighted by Gasteiger charge is 2.16. The minimum atomic E-state index is -0.329. The molecule has 0 atom stereocenters. The SMILES string of the molecule is Cn1c(CNc2cc(Cl)ccc2N2CCCC2)cc(=O)n(C)c1=O. The van der Waals surface area contributed by atoms with Gasteiger partial charge in [-0.25, -0.2) is 4.79 Å². The van der Waals surface area contributed by atoms with Crippen LogP contribution in [0.25, 0.3) is 0 Å². The third kappa shape index (κ3) is 3.19. The summed E-state index contributed by atoms with van der Waals surface area (Å²) >= 11 is 6.14. The Morgan fingerprint density at radius 1 is 1.08 bits per heavy atom. The molecule has 1 N–H and O–H groups in total. The number of hydrogen-bond acceptors (Lipinski definition) is 4. The van der Waals surface area contributed by atoms with Crippen LogP contribution in [0.15, 0.2) is 33.9 Å². The van der Waals surface area contributed by atoms with E-state index in [4.69, 9.17) is 11.6 Å². The molecule has 6 nitrogen and oxygen atoms in total. The Kier molecular flexibility index (Phi) is 4.66. The van der Waals surface area contributed by atoms with Crippen molar-refractivity contribution in [3.05, 3.63) is 55.8 Å². The summed E-state index contributed by atoms with van der Waals surface area (Å²) in [6.45, 7) is 2.43. The molecule has 2 heterocycles. The molecular formula is C17H21ClN4O2. The number of rotatable bonds is 4. The number of hydrogen-bond donors (Lipinski definition) is 1. The molecule has 0 amide bonds. The maximum Gasteiger partial charge on any atom is 0.330 e. The minimum absolute atomic E-state index is 0.305. The lowest BCUT2D eigenvalue weighted by Crippen LogP contribution is -2.38. The predicted molar refractivity (Wildman–Crippen MR) is 97.1 cm³/mol. The van der Waals surface area contributed by atoms with Gasteiger partial charge in [-0.05, 0) is 31.0 Å². The largest absolute Gasteiger partial charge is 0.378 e. The van der Waals surface area contributed by atoms with Crippen LogP contribution >= 0.6 is 11.6 Å². The number of nitrogens with one attached hydrogen (secondary N) is 1. The lowest BCUT2D eigenvalue weighted by atomic mass is 10.2. The minimum Gasteiger partial charge on any atom is -0.378 e. The zero-order chi connectivity index (χ0) is 17.3. The Balaban J connectivity index is 1.88. The molecule has 0 saturated carbocycles. The highest BCUT2D eigenvalue weighted by molar-refractivity contribution is 6.31. The second-order valence-electron chi connectivity index (χ2n) is 6.08. The third-order valence-electron chi connectivity index (χ3n) is 4.49. The van der Waals surface area contributed by atoms with E-state index in [9.17, 15) is 9.59 Å². The van der Waals surface area contributed by atoms with E-state index in [-0.39, 0.29) is 11.2 Å². The van der Waals surface area contributed by atoms with Crippen LogP contribution in [-0.2, 0) is 20.6 Å². The first-order chi connectivity index (χ1) is 11.5. The van der Waals surface area contributed by atoms with Crippen LogP contribution in [-0.4, -0.2) is 22.2 Å². The monoisotopic (exact) mass is 348 g/mol. The van der Waals surface area contributed by atoms with E-state index < -0.39 is 0 Å². The zero-order valence-electron chi connectivity index (χ0n) is 13.9. The standard InChI is InChI=1S/C17H21ClN4O2/c1-20-13(10-16(23)21(2)17(20)24)11-19-14-9-12(18)5-6-15(14)22-7-3-4-8-22/h5-6,9-10,19H,3-4,7-8,11H2,1-2H3. The highest BCUT2D eigenvalue weighted by Crippen LogP contribution is 2.31. The fourth-order valence-electron chi connectivity index (χ4n) is 3.02. The van der Waals surface area contributed by atoms with E-state index >= 15 is 0 Å². The van der Waals surface area contributed by atoms with E-state index in [0.717, 1.165) is 29.0 Å². The molecular weight excluding hydrogens is 328 g/mol.